The van der Waals surface area contributed by atoms with Gasteiger partial charge in [0.05, 0.1) is 7.11 Å². The Hall–Kier alpha value is -1.75. The highest BCUT2D eigenvalue weighted by Gasteiger charge is 2.18. The summed E-state index contributed by atoms with van der Waals surface area (Å²) in [6.07, 6.45) is 0.938. The second-order valence-corrected chi connectivity index (χ2v) is 4.05. The third-order valence-corrected chi connectivity index (χ3v) is 2.84. The maximum atomic E-state index is 11.9. The van der Waals surface area contributed by atoms with E-state index in [0.717, 1.165) is 19.5 Å². The Morgan fingerprint density at radius 3 is 3.00 bits per heavy atom. The number of amides is 1. The van der Waals surface area contributed by atoms with Gasteiger partial charge in [0.25, 0.3) is 5.91 Å². The van der Waals surface area contributed by atoms with Gasteiger partial charge in [0.2, 0.25) is 0 Å². The Balaban J connectivity index is 2.05. The number of hydrogen-bond donors (Lipinski definition) is 3. The molecule has 92 valence electrons. The molecule has 1 saturated heterocycles. The molecule has 1 aliphatic heterocycles. The third-order valence-electron chi connectivity index (χ3n) is 2.84. The lowest BCUT2D eigenvalue weighted by Gasteiger charge is -2.12. The van der Waals surface area contributed by atoms with Crippen LogP contribution in [0.15, 0.2) is 18.2 Å². The van der Waals surface area contributed by atoms with Crippen LogP contribution in [0.4, 0.5) is 0 Å². The van der Waals surface area contributed by atoms with Gasteiger partial charge < -0.3 is 20.5 Å². The highest BCUT2D eigenvalue weighted by Crippen LogP contribution is 2.26. The van der Waals surface area contributed by atoms with Crippen LogP contribution < -0.4 is 15.4 Å². The van der Waals surface area contributed by atoms with E-state index in [4.69, 9.17) is 4.74 Å². The Morgan fingerprint density at radius 2 is 2.41 bits per heavy atom. The molecule has 1 atom stereocenters. The van der Waals surface area contributed by atoms with E-state index in [9.17, 15) is 9.90 Å². The number of benzene rings is 1. The Morgan fingerprint density at radius 1 is 1.59 bits per heavy atom. The molecule has 17 heavy (non-hydrogen) atoms. The number of carbonyl (C=O) groups excluding carboxylic acids is 1. The minimum atomic E-state index is -0.170. The second-order valence-electron chi connectivity index (χ2n) is 4.05. The zero-order valence-electron chi connectivity index (χ0n) is 9.69. The van der Waals surface area contributed by atoms with Crippen molar-refractivity contribution in [2.24, 2.45) is 0 Å². The largest absolute Gasteiger partial charge is 0.504 e. The minimum absolute atomic E-state index is 0.0234. The maximum absolute atomic E-state index is 11.9. The number of ether oxygens (including phenoxy) is 1. The lowest BCUT2D eigenvalue weighted by Crippen LogP contribution is -2.36. The summed E-state index contributed by atoms with van der Waals surface area (Å²) < 4.78 is 4.92. The van der Waals surface area contributed by atoms with Gasteiger partial charge in [0.1, 0.15) is 0 Å². The normalized spacial score (nSPS) is 19.0. The fourth-order valence-electron chi connectivity index (χ4n) is 1.88. The average molecular weight is 236 g/mol. The number of hydrogen-bond acceptors (Lipinski definition) is 4. The molecule has 0 aliphatic carbocycles. The predicted molar refractivity (Wildman–Crippen MR) is 63.4 cm³/mol. The van der Waals surface area contributed by atoms with E-state index in [1.165, 1.54) is 13.2 Å². The first-order valence-electron chi connectivity index (χ1n) is 5.59. The molecule has 1 aliphatic rings. The van der Waals surface area contributed by atoms with Crippen LogP contribution in [0.5, 0.6) is 11.5 Å². The highest BCUT2D eigenvalue weighted by molar-refractivity contribution is 5.95. The van der Waals surface area contributed by atoms with Crippen LogP contribution in [-0.2, 0) is 0 Å². The van der Waals surface area contributed by atoms with Crippen LogP contribution in [0, 0.1) is 0 Å². The molecule has 5 heteroatoms. The molecule has 0 unspecified atom stereocenters. The molecular weight excluding hydrogens is 220 g/mol. The smallest absolute Gasteiger partial charge is 0.251 e. The van der Waals surface area contributed by atoms with Gasteiger partial charge in [-0.25, -0.2) is 0 Å². The fourth-order valence-corrected chi connectivity index (χ4v) is 1.88. The van der Waals surface area contributed by atoms with Gasteiger partial charge >= 0.3 is 0 Å². The van der Waals surface area contributed by atoms with E-state index in [2.05, 4.69) is 10.6 Å². The number of carbonyl (C=O) groups is 1. The molecular formula is C12H16N2O3. The van der Waals surface area contributed by atoms with Crippen molar-refractivity contribution in [3.63, 3.8) is 0 Å². The van der Waals surface area contributed by atoms with Crippen LogP contribution in [0.3, 0.4) is 0 Å². The topological polar surface area (TPSA) is 70.6 Å². The monoisotopic (exact) mass is 236 g/mol. The minimum Gasteiger partial charge on any atom is -0.504 e. The van der Waals surface area contributed by atoms with Gasteiger partial charge in [-0.15, -0.1) is 0 Å². The van der Waals surface area contributed by atoms with Gasteiger partial charge in [-0.3, -0.25) is 4.79 Å². The van der Waals surface area contributed by atoms with Crippen molar-refractivity contribution in [1.82, 2.24) is 10.6 Å². The summed E-state index contributed by atoms with van der Waals surface area (Å²) in [7, 11) is 1.47. The summed E-state index contributed by atoms with van der Waals surface area (Å²) in [4.78, 5) is 11.9. The standard InChI is InChI=1S/C12H16N2O3/c1-17-11-3-2-8(6-10(11)15)12(16)14-9-4-5-13-7-9/h2-3,6,9,13,15H,4-5,7H2,1H3,(H,14,16)/t9-/m1/s1. The molecule has 1 aromatic carbocycles. The number of aromatic hydroxyl groups is 1. The van der Waals surface area contributed by atoms with Crippen molar-refractivity contribution < 1.29 is 14.6 Å². The molecule has 0 bridgehead atoms. The maximum Gasteiger partial charge on any atom is 0.251 e. The van der Waals surface area contributed by atoms with E-state index in [-0.39, 0.29) is 17.7 Å². The first kappa shape index (κ1) is 11.7. The molecule has 1 amide bonds. The molecule has 0 saturated carbocycles. The number of rotatable bonds is 3. The molecule has 3 N–H and O–H groups in total. The van der Waals surface area contributed by atoms with Crippen molar-refractivity contribution in [2.75, 3.05) is 20.2 Å². The van der Waals surface area contributed by atoms with Gasteiger partial charge in [-0.1, -0.05) is 0 Å². The number of nitrogens with one attached hydrogen (secondary N) is 2. The second kappa shape index (κ2) is 5.05. The van der Waals surface area contributed by atoms with E-state index in [1.807, 2.05) is 0 Å². The first-order chi connectivity index (χ1) is 8.20. The Bertz CT molecular complexity index is 414. The fraction of sp³-hybridized carbons (Fsp3) is 0.417. The number of methoxy groups -OCH3 is 1. The van der Waals surface area contributed by atoms with Gasteiger partial charge in [-0.2, -0.15) is 0 Å². The van der Waals surface area contributed by atoms with Gasteiger partial charge in [-0.05, 0) is 31.2 Å². The average Bonchev–Trinajstić information content (AvgIpc) is 2.81. The molecule has 2 rings (SSSR count). The lowest BCUT2D eigenvalue weighted by molar-refractivity contribution is 0.0939. The third kappa shape index (κ3) is 2.68. The van der Waals surface area contributed by atoms with Crippen molar-refractivity contribution in [1.29, 1.82) is 0 Å². The summed E-state index contributed by atoms with van der Waals surface area (Å²) in [5.41, 5.74) is 0.440. The Labute approximate surface area is 99.8 Å². The van der Waals surface area contributed by atoms with Crippen molar-refractivity contribution in [2.45, 2.75) is 12.5 Å². The summed E-state index contributed by atoms with van der Waals surface area (Å²) in [6, 6.07) is 4.80. The van der Waals surface area contributed by atoms with Gasteiger partial charge in [0, 0.05) is 18.2 Å². The van der Waals surface area contributed by atoms with Crippen LogP contribution in [0.2, 0.25) is 0 Å². The molecule has 0 aromatic heterocycles. The van der Waals surface area contributed by atoms with E-state index >= 15 is 0 Å². The lowest BCUT2D eigenvalue weighted by atomic mass is 10.1. The van der Waals surface area contributed by atoms with Crippen LogP contribution in [0.25, 0.3) is 0 Å². The molecule has 0 radical (unpaired) electrons. The summed E-state index contributed by atoms with van der Waals surface area (Å²) >= 11 is 0. The van der Waals surface area contributed by atoms with Crippen molar-refractivity contribution in [3.8, 4) is 11.5 Å². The summed E-state index contributed by atoms with van der Waals surface area (Å²) in [6.45, 7) is 1.73. The van der Waals surface area contributed by atoms with E-state index < -0.39 is 0 Å². The zero-order valence-corrected chi connectivity index (χ0v) is 9.69. The summed E-state index contributed by atoms with van der Waals surface area (Å²) in [5.74, 6) is 0.172. The molecule has 1 aromatic rings. The number of phenols is 1. The van der Waals surface area contributed by atoms with Crippen LogP contribution in [-0.4, -0.2) is 37.3 Å². The number of phenolic OH excluding ortho intramolecular Hbond substituents is 1. The van der Waals surface area contributed by atoms with E-state index in [1.54, 1.807) is 12.1 Å². The molecule has 0 spiro atoms. The molecule has 1 fully saturated rings. The highest BCUT2D eigenvalue weighted by atomic mass is 16.5. The zero-order chi connectivity index (χ0) is 12.3. The molecule has 1 heterocycles. The SMILES string of the molecule is COc1ccc(C(=O)N[C@@H]2CCNC2)cc1O. The first-order valence-corrected chi connectivity index (χ1v) is 5.59. The quantitative estimate of drug-likeness (QED) is 0.714. The predicted octanol–water partition coefficient (Wildman–Crippen LogP) is 0.492. The van der Waals surface area contributed by atoms with Crippen molar-refractivity contribution in [3.05, 3.63) is 23.8 Å². The van der Waals surface area contributed by atoms with Crippen LogP contribution in [0.1, 0.15) is 16.8 Å². The van der Waals surface area contributed by atoms with Crippen molar-refractivity contribution >= 4 is 5.91 Å². The molecule has 5 nitrogen and oxygen atoms in total. The van der Waals surface area contributed by atoms with Crippen LogP contribution >= 0.6 is 0 Å². The Kier molecular flexibility index (Phi) is 3.49. The van der Waals surface area contributed by atoms with E-state index in [0.29, 0.717) is 11.3 Å². The summed E-state index contributed by atoms with van der Waals surface area (Å²) in [5, 5.41) is 15.7. The van der Waals surface area contributed by atoms with Gasteiger partial charge in [0.15, 0.2) is 11.5 Å².